The van der Waals surface area contributed by atoms with E-state index in [9.17, 15) is 0 Å². The zero-order valence-electron chi connectivity index (χ0n) is 12.1. The molecule has 1 aromatic heterocycles. The number of hydrogen-bond donors (Lipinski definition) is 1. The van der Waals surface area contributed by atoms with Gasteiger partial charge in [0, 0.05) is 40.5 Å². The summed E-state index contributed by atoms with van der Waals surface area (Å²) in [6.45, 7) is 3.20. The highest BCUT2D eigenvalue weighted by molar-refractivity contribution is 9.10. The number of hydrogen-bond acceptors (Lipinski definition) is 3. The van der Waals surface area contributed by atoms with Crippen molar-refractivity contribution in [2.45, 2.75) is 31.9 Å². The fourth-order valence-corrected chi connectivity index (χ4v) is 3.12. The van der Waals surface area contributed by atoms with E-state index in [0.717, 1.165) is 35.2 Å². The van der Waals surface area contributed by atoms with Crippen molar-refractivity contribution in [3.8, 4) is 5.75 Å². The van der Waals surface area contributed by atoms with Crippen LogP contribution in [-0.2, 0) is 0 Å². The van der Waals surface area contributed by atoms with Crippen molar-refractivity contribution in [3.63, 3.8) is 0 Å². The van der Waals surface area contributed by atoms with E-state index in [1.165, 1.54) is 5.56 Å². The van der Waals surface area contributed by atoms with Gasteiger partial charge in [0.05, 0.1) is 0 Å². The molecule has 0 radical (unpaired) electrons. The normalized spacial score (nSPS) is 20.7. The number of aromatic nitrogens is 1. The molecule has 2 heterocycles. The van der Waals surface area contributed by atoms with Crippen LogP contribution in [0, 0.1) is 0 Å². The highest BCUT2D eigenvalue weighted by Crippen LogP contribution is 2.40. The number of halogens is 1. The first kappa shape index (κ1) is 14.5. The van der Waals surface area contributed by atoms with Gasteiger partial charge in [-0.05, 0) is 41.0 Å². The van der Waals surface area contributed by atoms with Crippen molar-refractivity contribution in [1.82, 2.24) is 10.3 Å². The van der Waals surface area contributed by atoms with E-state index < -0.39 is 0 Å². The maximum atomic E-state index is 6.18. The molecule has 0 spiro atoms. The summed E-state index contributed by atoms with van der Waals surface area (Å²) in [5.74, 6) is 0.974. The zero-order valence-corrected chi connectivity index (χ0v) is 13.6. The Labute approximate surface area is 133 Å². The third-order valence-corrected chi connectivity index (χ3v) is 4.19. The van der Waals surface area contributed by atoms with Crippen LogP contribution in [0.2, 0.25) is 0 Å². The lowest BCUT2D eigenvalue weighted by molar-refractivity contribution is 0.151. The Balaban J connectivity index is 1.89. The first-order valence-corrected chi connectivity index (χ1v) is 8.16. The largest absolute Gasteiger partial charge is 0.485 e. The van der Waals surface area contributed by atoms with Gasteiger partial charge in [-0.2, -0.15) is 0 Å². The molecule has 0 saturated carbocycles. The average molecular weight is 347 g/mol. The quantitative estimate of drug-likeness (QED) is 0.890. The van der Waals surface area contributed by atoms with Crippen LogP contribution in [0.25, 0.3) is 0 Å². The Morgan fingerprint density at radius 3 is 3.00 bits per heavy atom. The molecule has 1 aromatic carbocycles. The Morgan fingerprint density at radius 2 is 2.19 bits per heavy atom. The molecule has 3 rings (SSSR count). The van der Waals surface area contributed by atoms with Crippen LogP contribution in [0.4, 0.5) is 0 Å². The number of pyridine rings is 1. The molecule has 21 heavy (non-hydrogen) atoms. The summed E-state index contributed by atoms with van der Waals surface area (Å²) < 4.78 is 7.17. The number of ether oxygens (including phenoxy) is 1. The molecule has 0 saturated heterocycles. The number of para-hydroxylation sites is 1. The summed E-state index contributed by atoms with van der Waals surface area (Å²) in [6, 6.07) is 10.7. The Hall–Kier alpha value is -1.39. The lowest BCUT2D eigenvalue weighted by atomic mass is 9.93. The second-order valence-corrected chi connectivity index (χ2v) is 6.24. The van der Waals surface area contributed by atoms with Crippen LogP contribution in [0.1, 0.15) is 43.0 Å². The smallest absolute Gasteiger partial charge is 0.127 e. The van der Waals surface area contributed by atoms with Gasteiger partial charge in [0.1, 0.15) is 11.9 Å². The maximum absolute atomic E-state index is 6.18. The van der Waals surface area contributed by atoms with E-state index in [1.807, 2.05) is 18.3 Å². The van der Waals surface area contributed by atoms with Crippen LogP contribution >= 0.6 is 15.9 Å². The number of rotatable bonds is 4. The fourth-order valence-electron chi connectivity index (χ4n) is 2.74. The van der Waals surface area contributed by atoms with Gasteiger partial charge in [-0.25, -0.2) is 0 Å². The molecule has 1 N–H and O–H groups in total. The minimum atomic E-state index is 0.0410. The molecule has 3 nitrogen and oxygen atoms in total. The van der Waals surface area contributed by atoms with E-state index >= 15 is 0 Å². The Bertz CT molecular complexity index is 617. The summed E-state index contributed by atoms with van der Waals surface area (Å²) in [5, 5.41) is 3.63. The van der Waals surface area contributed by atoms with Crippen molar-refractivity contribution in [2.24, 2.45) is 0 Å². The van der Waals surface area contributed by atoms with Gasteiger partial charge in [0.25, 0.3) is 0 Å². The highest BCUT2D eigenvalue weighted by Gasteiger charge is 2.28. The van der Waals surface area contributed by atoms with Crippen LogP contribution < -0.4 is 10.1 Å². The van der Waals surface area contributed by atoms with Crippen LogP contribution in [0.15, 0.2) is 47.2 Å². The van der Waals surface area contributed by atoms with Gasteiger partial charge in [-0.1, -0.05) is 25.1 Å². The molecule has 2 aromatic rings. The van der Waals surface area contributed by atoms with Gasteiger partial charge in [0.2, 0.25) is 0 Å². The van der Waals surface area contributed by atoms with Crippen molar-refractivity contribution < 1.29 is 4.74 Å². The summed E-state index contributed by atoms with van der Waals surface area (Å²) >= 11 is 3.48. The molecule has 1 aliphatic heterocycles. The molecular weight excluding hydrogens is 328 g/mol. The molecule has 2 atom stereocenters. The van der Waals surface area contributed by atoms with E-state index in [-0.39, 0.29) is 6.10 Å². The van der Waals surface area contributed by atoms with E-state index in [2.05, 4.69) is 51.4 Å². The summed E-state index contributed by atoms with van der Waals surface area (Å²) in [6.07, 6.45) is 5.78. The van der Waals surface area contributed by atoms with Gasteiger partial charge in [-0.15, -0.1) is 0 Å². The first-order chi connectivity index (χ1) is 10.3. The van der Waals surface area contributed by atoms with Crippen LogP contribution in [0.3, 0.4) is 0 Å². The van der Waals surface area contributed by atoms with Crippen LogP contribution in [-0.4, -0.2) is 11.5 Å². The molecule has 0 amide bonds. The molecule has 4 heteroatoms. The summed E-state index contributed by atoms with van der Waals surface area (Å²) in [7, 11) is 0. The predicted octanol–water partition coefficient (Wildman–Crippen LogP) is 4.41. The topological polar surface area (TPSA) is 34.2 Å². The minimum absolute atomic E-state index is 0.0410. The minimum Gasteiger partial charge on any atom is -0.485 e. The molecule has 1 aliphatic rings. The first-order valence-electron chi connectivity index (χ1n) is 7.37. The number of nitrogens with zero attached hydrogens (tertiary/aromatic N) is 1. The molecule has 110 valence electrons. The third-order valence-electron chi connectivity index (χ3n) is 3.75. The van der Waals surface area contributed by atoms with E-state index in [4.69, 9.17) is 4.74 Å². The summed E-state index contributed by atoms with van der Waals surface area (Å²) in [5.41, 5.74) is 2.37. The molecular formula is C17H19BrN2O. The second-order valence-electron chi connectivity index (χ2n) is 5.32. The zero-order chi connectivity index (χ0) is 14.7. The van der Waals surface area contributed by atoms with Crippen molar-refractivity contribution in [2.75, 3.05) is 6.54 Å². The Morgan fingerprint density at radius 1 is 1.33 bits per heavy atom. The molecule has 0 aliphatic carbocycles. The predicted molar refractivity (Wildman–Crippen MR) is 87.4 cm³/mol. The van der Waals surface area contributed by atoms with Crippen LogP contribution in [0.5, 0.6) is 5.75 Å². The SMILES string of the molecule is CCCNC1CC(c2cncc(Br)c2)Oc2ccccc21. The molecule has 0 fully saturated rings. The lowest BCUT2D eigenvalue weighted by Gasteiger charge is -2.33. The highest BCUT2D eigenvalue weighted by atomic mass is 79.9. The van der Waals surface area contributed by atoms with Gasteiger partial charge in [0.15, 0.2) is 0 Å². The number of fused-ring (bicyclic) bond motifs is 1. The third kappa shape index (κ3) is 3.27. The molecule has 0 bridgehead atoms. The van der Waals surface area contributed by atoms with Gasteiger partial charge in [-0.3, -0.25) is 4.98 Å². The van der Waals surface area contributed by atoms with E-state index in [1.54, 1.807) is 6.20 Å². The van der Waals surface area contributed by atoms with Gasteiger partial charge < -0.3 is 10.1 Å². The van der Waals surface area contributed by atoms with Crippen molar-refractivity contribution in [1.29, 1.82) is 0 Å². The second kappa shape index (κ2) is 6.58. The number of benzene rings is 1. The van der Waals surface area contributed by atoms with Crippen molar-refractivity contribution in [3.05, 3.63) is 58.3 Å². The monoisotopic (exact) mass is 346 g/mol. The maximum Gasteiger partial charge on any atom is 0.127 e. The standard InChI is InChI=1S/C17H19BrN2O/c1-2-7-20-15-9-17(12-8-13(18)11-19-10-12)21-16-6-4-3-5-14(15)16/h3-6,8,10-11,15,17,20H,2,7,9H2,1H3. The summed E-state index contributed by atoms with van der Waals surface area (Å²) in [4.78, 5) is 4.26. The lowest BCUT2D eigenvalue weighted by Crippen LogP contribution is -2.29. The molecule has 2 unspecified atom stereocenters. The van der Waals surface area contributed by atoms with Crippen molar-refractivity contribution >= 4 is 15.9 Å². The van der Waals surface area contributed by atoms with E-state index in [0.29, 0.717) is 6.04 Å². The number of nitrogens with one attached hydrogen (secondary N) is 1. The Kier molecular flexibility index (Phi) is 4.56. The fraction of sp³-hybridized carbons (Fsp3) is 0.353. The average Bonchev–Trinajstić information content (AvgIpc) is 2.52. The van der Waals surface area contributed by atoms with Gasteiger partial charge >= 0.3 is 0 Å².